The van der Waals surface area contributed by atoms with Gasteiger partial charge in [-0.2, -0.15) is 0 Å². The van der Waals surface area contributed by atoms with Crippen LogP contribution in [0.3, 0.4) is 0 Å². The molecule has 0 fully saturated rings. The van der Waals surface area contributed by atoms with Gasteiger partial charge in [-0.15, -0.1) is 0 Å². The first-order valence-corrected chi connectivity index (χ1v) is 13.2. The van der Waals surface area contributed by atoms with Crippen LogP contribution in [0, 0.1) is 22.7 Å². The summed E-state index contributed by atoms with van der Waals surface area (Å²) in [4.78, 5) is 0. The first-order chi connectivity index (χ1) is 14.5. The van der Waals surface area contributed by atoms with Crippen LogP contribution in [0.2, 0.25) is 0 Å². The molecule has 1 heterocycles. The molecule has 7 heteroatoms. The second kappa shape index (κ2) is 11.5. The third-order valence-electron chi connectivity index (χ3n) is 8.19. The van der Waals surface area contributed by atoms with Crippen LogP contribution in [0.5, 0.6) is 0 Å². The molecule has 2 unspecified atom stereocenters. The smallest absolute Gasteiger partial charge is 0.726 e. The Morgan fingerprint density at radius 2 is 1.97 bits per heavy atom. The molecule has 176 valence electrons. The molecule has 0 spiro atoms. The zero-order chi connectivity index (χ0) is 22.7. The van der Waals surface area contributed by atoms with E-state index < -0.39 is 10.4 Å². The molecule has 0 bridgehead atoms. The quantitative estimate of drug-likeness (QED) is 0.225. The van der Waals surface area contributed by atoms with E-state index in [0.29, 0.717) is 11.3 Å². The van der Waals surface area contributed by atoms with Crippen molar-refractivity contribution in [1.29, 1.82) is 0 Å². The van der Waals surface area contributed by atoms with Crippen molar-refractivity contribution in [2.45, 2.75) is 91.9 Å². The van der Waals surface area contributed by atoms with Crippen molar-refractivity contribution < 1.29 is 51.1 Å². The van der Waals surface area contributed by atoms with Gasteiger partial charge >= 0.3 is 29.6 Å². The van der Waals surface area contributed by atoms with E-state index in [-0.39, 0.29) is 47.5 Å². The van der Waals surface area contributed by atoms with Gasteiger partial charge in [-0.25, -0.2) is 8.42 Å². The third kappa shape index (κ3) is 7.19. The molecule has 5 nitrogen and oxygen atoms in total. The van der Waals surface area contributed by atoms with Crippen LogP contribution in [-0.4, -0.2) is 19.6 Å². The number of hydrogen-bond acceptors (Lipinski definition) is 5. The zero-order valence-electron chi connectivity index (χ0n) is 20.6. The Kier molecular flexibility index (Phi) is 10.1. The summed E-state index contributed by atoms with van der Waals surface area (Å²) in [5.74, 6) is 0.665. The van der Waals surface area contributed by atoms with E-state index in [1.54, 1.807) is 23.7 Å². The Morgan fingerprint density at radius 1 is 1.22 bits per heavy atom. The fourth-order valence-electron chi connectivity index (χ4n) is 5.94. The summed E-state index contributed by atoms with van der Waals surface area (Å²) < 4.78 is 43.1. The van der Waals surface area contributed by atoms with Gasteiger partial charge in [-0.05, 0) is 98.5 Å². The standard InChI is InChI=1S/C25H40O5S.Na/c1-19-10-11-22-23(9-6-14-24(22,2)3)25(19,4)15-12-20(18-30-31(26,27)28)7-5-8-21-13-16-29-17-21;/h13,16-17,19-20H,5-12,14-15,18H2,1-4H3,(H,26,27,28);/q;+1/p-1/t19-,20?,25?;/m1./s1. The van der Waals surface area contributed by atoms with Crippen molar-refractivity contribution in [1.82, 2.24) is 0 Å². The minimum atomic E-state index is -4.67. The molecule has 0 N–H and O–H groups in total. The molecule has 0 radical (unpaired) electrons. The molecule has 0 saturated heterocycles. The van der Waals surface area contributed by atoms with Gasteiger partial charge in [0.15, 0.2) is 0 Å². The summed E-state index contributed by atoms with van der Waals surface area (Å²) in [6, 6.07) is 1.96. The Hall–Kier alpha value is -0.110. The summed E-state index contributed by atoms with van der Waals surface area (Å²) >= 11 is 0. The predicted molar refractivity (Wildman–Crippen MR) is 121 cm³/mol. The first kappa shape index (κ1) is 28.1. The van der Waals surface area contributed by atoms with E-state index in [1.807, 2.05) is 6.07 Å². The maximum absolute atomic E-state index is 11.1. The molecule has 0 saturated carbocycles. The van der Waals surface area contributed by atoms with Gasteiger partial charge in [0, 0.05) is 0 Å². The fourth-order valence-corrected chi connectivity index (χ4v) is 6.29. The van der Waals surface area contributed by atoms with Crippen LogP contribution < -0.4 is 29.6 Å². The summed E-state index contributed by atoms with van der Waals surface area (Å²) in [7, 11) is -4.67. The van der Waals surface area contributed by atoms with Gasteiger partial charge in [-0.3, -0.25) is 4.18 Å². The summed E-state index contributed by atoms with van der Waals surface area (Å²) in [6.07, 6.45) is 14.1. The Bertz CT molecular complexity index is 859. The molecular weight excluding hydrogens is 435 g/mol. The molecule has 2 aliphatic carbocycles. The third-order valence-corrected chi connectivity index (χ3v) is 8.62. The first-order valence-electron chi connectivity index (χ1n) is 11.9. The maximum atomic E-state index is 11.1. The van der Waals surface area contributed by atoms with Crippen LogP contribution in [0.1, 0.15) is 91.0 Å². The second-order valence-electron chi connectivity index (χ2n) is 10.7. The van der Waals surface area contributed by atoms with Crippen LogP contribution in [-0.2, 0) is 21.0 Å². The van der Waals surface area contributed by atoms with Crippen LogP contribution >= 0.6 is 0 Å². The maximum Gasteiger partial charge on any atom is 1.00 e. The summed E-state index contributed by atoms with van der Waals surface area (Å²) in [5, 5.41) is 0. The van der Waals surface area contributed by atoms with E-state index in [9.17, 15) is 13.0 Å². The van der Waals surface area contributed by atoms with Crippen molar-refractivity contribution in [3.63, 3.8) is 0 Å². The molecule has 3 atom stereocenters. The normalized spacial score (nSPS) is 26.3. The van der Waals surface area contributed by atoms with E-state index in [4.69, 9.17) is 8.60 Å². The van der Waals surface area contributed by atoms with Crippen LogP contribution in [0.4, 0.5) is 0 Å². The molecule has 3 rings (SSSR count). The van der Waals surface area contributed by atoms with E-state index in [0.717, 1.165) is 37.7 Å². The van der Waals surface area contributed by atoms with E-state index in [2.05, 4.69) is 27.7 Å². The van der Waals surface area contributed by atoms with Crippen molar-refractivity contribution >= 4 is 10.4 Å². The van der Waals surface area contributed by atoms with Gasteiger partial charge in [-0.1, -0.05) is 38.8 Å². The summed E-state index contributed by atoms with van der Waals surface area (Å²) in [5.41, 5.74) is 4.91. The minimum Gasteiger partial charge on any atom is -0.726 e. The molecule has 32 heavy (non-hydrogen) atoms. The molecule has 2 aliphatic rings. The second-order valence-corrected chi connectivity index (χ2v) is 11.7. The zero-order valence-corrected chi connectivity index (χ0v) is 23.4. The Balaban J connectivity index is 0.00000363. The molecule has 0 aliphatic heterocycles. The molecule has 0 aromatic carbocycles. The van der Waals surface area contributed by atoms with Gasteiger partial charge in [0.1, 0.15) is 0 Å². The molecule has 0 amide bonds. The number of furan rings is 1. The van der Waals surface area contributed by atoms with Crippen molar-refractivity contribution in [2.24, 2.45) is 22.7 Å². The van der Waals surface area contributed by atoms with Crippen LogP contribution in [0.15, 0.2) is 34.2 Å². The van der Waals surface area contributed by atoms with Gasteiger partial charge in [0.2, 0.25) is 10.4 Å². The summed E-state index contributed by atoms with van der Waals surface area (Å²) in [6.45, 7) is 9.56. The van der Waals surface area contributed by atoms with Crippen molar-refractivity contribution in [3.05, 3.63) is 35.3 Å². The molecular formula is C25H39NaO5S. The van der Waals surface area contributed by atoms with Crippen molar-refractivity contribution in [2.75, 3.05) is 6.61 Å². The number of aryl methyl sites for hydroxylation is 1. The number of hydrogen-bond donors (Lipinski definition) is 0. The van der Waals surface area contributed by atoms with Gasteiger partial charge in [0.25, 0.3) is 0 Å². The van der Waals surface area contributed by atoms with E-state index >= 15 is 0 Å². The molecule has 1 aromatic rings. The Labute approximate surface area is 217 Å². The number of rotatable bonds is 10. The fraction of sp³-hybridized carbons (Fsp3) is 0.760. The minimum absolute atomic E-state index is 0. The van der Waals surface area contributed by atoms with Crippen molar-refractivity contribution in [3.8, 4) is 0 Å². The average molecular weight is 475 g/mol. The molecule has 1 aromatic heterocycles. The number of allylic oxidation sites excluding steroid dienone is 2. The average Bonchev–Trinajstić information content (AvgIpc) is 3.19. The predicted octanol–water partition coefficient (Wildman–Crippen LogP) is 3.42. The SMILES string of the molecule is C[C@@H]1CCC2=C(CCCC2(C)C)C1(C)CCC(CCCc1ccoc1)COS(=O)(=O)[O-].[Na+]. The van der Waals surface area contributed by atoms with Gasteiger partial charge < -0.3 is 8.97 Å². The Morgan fingerprint density at radius 3 is 2.62 bits per heavy atom. The van der Waals surface area contributed by atoms with Crippen LogP contribution in [0.25, 0.3) is 0 Å². The topological polar surface area (TPSA) is 79.6 Å². The largest absolute Gasteiger partial charge is 1.00 e. The van der Waals surface area contributed by atoms with Gasteiger partial charge in [0.05, 0.1) is 19.1 Å². The van der Waals surface area contributed by atoms with E-state index in [1.165, 1.54) is 32.1 Å². The monoisotopic (exact) mass is 474 g/mol.